The predicted octanol–water partition coefficient (Wildman–Crippen LogP) is 4.89. The number of benzene rings is 3. The lowest BCUT2D eigenvalue weighted by Crippen LogP contribution is -2.31. The van der Waals surface area contributed by atoms with Crippen LogP contribution in [0.3, 0.4) is 0 Å². The van der Waals surface area contributed by atoms with Crippen LogP contribution in [0.15, 0.2) is 77.3 Å². The molecule has 0 bridgehead atoms. The minimum atomic E-state index is -0.740. The van der Waals surface area contributed by atoms with Gasteiger partial charge >= 0.3 is 0 Å². The van der Waals surface area contributed by atoms with Crippen LogP contribution in [0.5, 0.6) is 0 Å². The summed E-state index contributed by atoms with van der Waals surface area (Å²) in [5.41, 5.74) is 4.09. The number of rotatable bonds is 7. The van der Waals surface area contributed by atoms with Gasteiger partial charge < -0.3 is 15.0 Å². The van der Waals surface area contributed by atoms with E-state index in [-0.39, 0.29) is 24.2 Å². The van der Waals surface area contributed by atoms with Crippen molar-refractivity contribution < 1.29 is 18.7 Å². The molecule has 0 radical (unpaired) electrons. The topological polar surface area (TPSA) is 89.4 Å². The molecule has 0 spiro atoms. The Morgan fingerprint density at radius 2 is 1.76 bits per heavy atom. The Balaban J connectivity index is 1.44. The van der Waals surface area contributed by atoms with E-state index in [4.69, 9.17) is 9.84 Å². The summed E-state index contributed by atoms with van der Waals surface area (Å²) in [6.07, 6.45) is -0.158. The standard InChI is InChI=1S/C27H23BrFN5O3/c1-17(35)30-22-10-2-18(3-11-22)14-15-33-24(36)16-37-27(33)26-25(19-4-8-21(29)9-5-19)31-34(32-26)23-12-6-20(28)7-13-23/h2-13,27H,14-16H2,1H3,(H,30,35)/t27-/m0/s1. The Morgan fingerprint density at radius 3 is 2.43 bits per heavy atom. The number of nitrogens with zero attached hydrogens (tertiary/aromatic N) is 4. The predicted molar refractivity (Wildman–Crippen MR) is 139 cm³/mol. The molecule has 1 saturated heterocycles. The van der Waals surface area contributed by atoms with Crippen molar-refractivity contribution in [3.05, 3.63) is 94.3 Å². The third-order valence-electron chi connectivity index (χ3n) is 5.93. The first-order chi connectivity index (χ1) is 17.9. The second-order valence-electron chi connectivity index (χ2n) is 8.59. The van der Waals surface area contributed by atoms with Crippen molar-refractivity contribution in [1.29, 1.82) is 0 Å². The molecule has 1 aliphatic rings. The molecule has 1 atom stereocenters. The van der Waals surface area contributed by atoms with Crippen molar-refractivity contribution in [2.75, 3.05) is 18.5 Å². The number of ether oxygens (including phenoxy) is 1. The molecule has 3 aromatic carbocycles. The van der Waals surface area contributed by atoms with Gasteiger partial charge in [-0.25, -0.2) is 4.39 Å². The van der Waals surface area contributed by atoms with Gasteiger partial charge in [0, 0.05) is 29.2 Å². The first-order valence-electron chi connectivity index (χ1n) is 11.6. The largest absolute Gasteiger partial charge is 0.342 e. The normalized spacial score (nSPS) is 15.3. The van der Waals surface area contributed by atoms with E-state index in [0.29, 0.717) is 35.6 Å². The number of nitrogens with one attached hydrogen (secondary N) is 1. The molecule has 5 rings (SSSR count). The maximum absolute atomic E-state index is 13.6. The highest BCUT2D eigenvalue weighted by molar-refractivity contribution is 9.10. The van der Waals surface area contributed by atoms with Crippen LogP contribution in [-0.4, -0.2) is 44.9 Å². The van der Waals surface area contributed by atoms with Crippen LogP contribution in [0.1, 0.15) is 24.4 Å². The SMILES string of the molecule is CC(=O)Nc1ccc(CCN2C(=O)CO[C@H]2c2nn(-c3ccc(Br)cc3)nc2-c2ccc(F)cc2)cc1. The van der Waals surface area contributed by atoms with Crippen LogP contribution in [-0.2, 0) is 20.7 Å². The van der Waals surface area contributed by atoms with Crippen LogP contribution >= 0.6 is 15.9 Å². The second kappa shape index (κ2) is 10.6. The summed E-state index contributed by atoms with van der Waals surface area (Å²) in [5.74, 6) is -0.643. The van der Waals surface area contributed by atoms with Gasteiger partial charge in [0.2, 0.25) is 5.91 Å². The third kappa shape index (κ3) is 5.60. The first kappa shape index (κ1) is 24.8. The van der Waals surface area contributed by atoms with Gasteiger partial charge in [0.15, 0.2) is 6.23 Å². The summed E-state index contributed by atoms with van der Waals surface area (Å²) in [7, 11) is 0. The van der Waals surface area contributed by atoms with Crippen LogP contribution in [0.25, 0.3) is 16.9 Å². The van der Waals surface area contributed by atoms with Crippen molar-refractivity contribution in [1.82, 2.24) is 19.9 Å². The lowest BCUT2D eigenvalue weighted by atomic mass is 10.1. The molecule has 188 valence electrons. The first-order valence-corrected chi connectivity index (χ1v) is 12.4. The number of halogens is 2. The van der Waals surface area contributed by atoms with Crippen LogP contribution < -0.4 is 5.32 Å². The quantitative estimate of drug-likeness (QED) is 0.345. The van der Waals surface area contributed by atoms with E-state index in [9.17, 15) is 14.0 Å². The van der Waals surface area contributed by atoms with Crippen LogP contribution in [0.2, 0.25) is 0 Å². The van der Waals surface area contributed by atoms with Crippen molar-refractivity contribution in [3.63, 3.8) is 0 Å². The van der Waals surface area contributed by atoms with E-state index in [1.54, 1.807) is 17.0 Å². The summed E-state index contributed by atoms with van der Waals surface area (Å²) in [5, 5.41) is 12.1. The monoisotopic (exact) mass is 563 g/mol. The molecule has 10 heteroatoms. The minimum absolute atomic E-state index is 0.0693. The smallest absolute Gasteiger partial charge is 0.251 e. The molecule has 37 heavy (non-hydrogen) atoms. The van der Waals surface area contributed by atoms with Crippen molar-refractivity contribution in [2.24, 2.45) is 0 Å². The van der Waals surface area contributed by atoms with Gasteiger partial charge in [-0.2, -0.15) is 4.80 Å². The number of hydrogen-bond donors (Lipinski definition) is 1. The van der Waals surface area contributed by atoms with Gasteiger partial charge in [-0.05, 0) is 72.6 Å². The molecule has 8 nitrogen and oxygen atoms in total. The average Bonchev–Trinajstić information content (AvgIpc) is 3.48. The van der Waals surface area contributed by atoms with E-state index in [1.807, 2.05) is 48.5 Å². The highest BCUT2D eigenvalue weighted by atomic mass is 79.9. The molecule has 2 amide bonds. The Morgan fingerprint density at radius 1 is 1.05 bits per heavy atom. The number of anilines is 1. The molecular weight excluding hydrogens is 541 g/mol. The highest BCUT2D eigenvalue weighted by Crippen LogP contribution is 2.34. The van der Waals surface area contributed by atoms with Crippen LogP contribution in [0, 0.1) is 5.82 Å². The van der Waals surface area contributed by atoms with Gasteiger partial charge in [0.05, 0.1) is 5.69 Å². The average molecular weight is 564 g/mol. The van der Waals surface area contributed by atoms with E-state index in [2.05, 4.69) is 26.3 Å². The molecule has 0 aliphatic carbocycles. The number of amides is 2. The maximum atomic E-state index is 13.6. The zero-order chi connectivity index (χ0) is 25.9. The molecule has 1 aliphatic heterocycles. The van der Waals surface area contributed by atoms with Gasteiger partial charge in [0.25, 0.3) is 5.91 Å². The molecular formula is C27H23BrFN5O3. The molecule has 1 fully saturated rings. The summed E-state index contributed by atoms with van der Waals surface area (Å²) in [4.78, 5) is 27.2. The van der Waals surface area contributed by atoms with E-state index >= 15 is 0 Å². The molecule has 2 heterocycles. The van der Waals surface area contributed by atoms with Crippen molar-refractivity contribution in [2.45, 2.75) is 19.6 Å². The highest BCUT2D eigenvalue weighted by Gasteiger charge is 2.37. The zero-order valence-electron chi connectivity index (χ0n) is 19.9. The van der Waals surface area contributed by atoms with Gasteiger partial charge in [-0.3, -0.25) is 9.59 Å². The van der Waals surface area contributed by atoms with E-state index < -0.39 is 6.23 Å². The third-order valence-corrected chi connectivity index (χ3v) is 6.46. The maximum Gasteiger partial charge on any atom is 0.251 e. The second-order valence-corrected chi connectivity index (χ2v) is 9.50. The van der Waals surface area contributed by atoms with Gasteiger partial charge in [0.1, 0.15) is 23.8 Å². The van der Waals surface area contributed by atoms with Crippen molar-refractivity contribution >= 4 is 33.4 Å². The van der Waals surface area contributed by atoms with Gasteiger partial charge in [-0.1, -0.05) is 28.1 Å². The summed E-state index contributed by atoms with van der Waals surface area (Å²) in [6, 6.07) is 21.0. The fourth-order valence-electron chi connectivity index (χ4n) is 4.12. The lowest BCUT2D eigenvalue weighted by molar-refractivity contribution is -0.128. The van der Waals surface area contributed by atoms with Gasteiger partial charge in [-0.15, -0.1) is 10.2 Å². The minimum Gasteiger partial charge on any atom is -0.342 e. The lowest BCUT2D eigenvalue weighted by Gasteiger charge is -2.22. The van der Waals surface area contributed by atoms with E-state index in [1.165, 1.54) is 23.9 Å². The summed E-state index contributed by atoms with van der Waals surface area (Å²) < 4.78 is 20.5. The van der Waals surface area contributed by atoms with E-state index in [0.717, 1.165) is 15.7 Å². The number of hydrogen-bond acceptors (Lipinski definition) is 5. The number of aromatic nitrogens is 3. The number of carbonyl (C=O) groups excluding carboxylic acids is 2. The Labute approximate surface area is 221 Å². The molecule has 1 aromatic heterocycles. The molecule has 0 unspecified atom stereocenters. The summed E-state index contributed by atoms with van der Waals surface area (Å²) in [6.45, 7) is 1.79. The fraction of sp³-hybridized carbons (Fsp3) is 0.185. The Hall–Kier alpha value is -3.89. The number of carbonyl (C=O) groups is 2. The summed E-state index contributed by atoms with van der Waals surface area (Å²) >= 11 is 3.43. The Kier molecular flexibility index (Phi) is 7.11. The van der Waals surface area contributed by atoms with Crippen LogP contribution in [0.4, 0.5) is 10.1 Å². The van der Waals surface area contributed by atoms with Crippen molar-refractivity contribution in [3.8, 4) is 16.9 Å². The zero-order valence-corrected chi connectivity index (χ0v) is 21.5. The molecule has 1 N–H and O–H groups in total. The molecule has 0 saturated carbocycles. The molecule has 4 aromatic rings. The Bertz CT molecular complexity index is 1420. The fourth-order valence-corrected chi connectivity index (χ4v) is 4.38.